The Bertz CT molecular complexity index is 1150. The Balaban J connectivity index is 1.61. The van der Waals surface area contributed by atoms with Crippen LogP contribution in [0.3, 0.4) is 0 Å². The summed E-state index contributed by atoms with van der Waals surface area (Å²) in [5.74, 6) is -0.315. The molecular formula is C17H18ClFN6O3S. The third kappa shape index (κ3) is 4.04. The fraction of sp³-hybridized carbons (Fsp3) is 0.353. The van der Waals surface area contributed by atoms with Crippen molar-refractivity contribution in [1.29, 1.82) is 0 Å². The summed E-state index contributed by atoms with van der Waals surface area (Å²) in [5, 5.41) is 18.1. The lowest BCUT2D eigenvalue weighted by Gasteiger charge is -2.34. The van der Waals surface area contributed by atoms with Crippen LogP contribution in [0.5, 0.6) is 0 Å². The van der Waals surface area contributed by atoms with E-state index in [0.29, 0.717) is 22.8 Å². The first-order chi connectivity index (χ1) is 13.7. The lowest BCUT2D eigenvalue weighted by molar-refractivity contribution is 0.0950. The van der Waals surface area contributed by atoms with Crippen molar-refractivity contribution in [3.8, 4) is 11.4 Å². The maximum absolute atomic E-state index is 14.3. The number of piperidine rings is 1. The van der Waals surface area contributed by atoms with Crippen LogP contribution in [0.1, 0.15) is 6.42 Å². The van der Waals surface area contributed by atoms with Gasteiger partial charge in [-0.05, 0) is 18.6 Å². The molecule has 1 fully saturated rings. The standard InChI is InChI=1S/C17H18ClFN6O3S/c1-29(27,28)24-5-4-13(16(26)9-24)22-17-21-8-15-11(19)6-14(25(15)23-17)12-3-2-10(18)7-20-12/h2-3,6-8,13,16,26H,4-5,9H2,1H3,(H,22,23)/t13-,16-/m1/s1. The molecule has 1 aliphatic rings. The van der Waals surface area contributed by atoms with Crippen LogP contribution < -0.4 is 5.32 Å². The first-order valence-corrected chi connectivity index (χ1v) is 11.0. The molecule has 0 spiro atoms. The number of nitrogens with zero attached hydrogens (tertiary/aromatic N) is 5. The number of anilines is 1. The molecule has 0 aliphatic carbocycles. The lowest BCUT2D eigenvalue weighted by atomic mass is 10.0. The fourth-order valence-corrected chi connectivity index (χ4v) is 4.24. The number of aliphatic hydroxyl groups excluding tert-OH is 1. The van der Waals surface area contributed by atoms with E-state index in [9.17, 15) is 17.9 Å². The summed E-state index contributed by atoms with van der Waals surface area (Å²) in [7, 11) is -3.37. The Hall–Kier alpha value is -2.34. The average molecular weight is 441 g/mol. The largest absolute Gasteiger partial charge is 0.390 e. The second kappa shape index (κ2) is 7.48. The molecule has 0 bridgehead atoms. The molecule has 0 saturated carbocycles. The van der Waals surface area contributed by atoms with E-state index in [1.54, 1.807) is 12.1 Å². The maximum Gasteiger partial charge on any atom is 0.241 e. The van der Waals surface area contributed by atoms with E-state index in [1.807, 2.05) is 0 Å². The van der Waals surface area contributed by atoms with Crippen molar-refractivity contribution in [3.63, 3.8) is 0 Å². The first-order valence-electron chi connectivity index (χ1n) is 8.78. The van der Waals surface area contributed by atoms with Gasteiger partial charge in [0, 0.05) is 25.4 Å². The van der Waals surface area contributed by atoms with Gasteiger partial charge in [-0.2, -0.15) is 4.31 Å². The molecule has 0 aromatic carbocycles. The summed E-state index contributed by atoms with van der Waals surface area (Å²) >= 11 is 5.86. The second-order valence-electron chi connectivity index (χ2n) is 6.85. The van der Waals surface area contributed by atoms with Crippen LogP contribution in [0, 0.1) is 5.82 Å². The van der Waals surface area contributed by atoms with Gasteiger partial charge in [0.1, 0.15) is 5.52 Å². The third-order valence-corrected chi connectivity index (χ3v) is 6.28. The number of nitrogens with one attached hydrogen (secondary N) is 1. The van der Waals surface area contributed by atoms with Crippen molar-refractivity contribution in [2.75, 3.05) is 24.7 Å². The molecule has 1 saturated heterocycles. The average Bonchev–Trinajstić information content (AvgIpc) is 2.99. The summed E-state index contributed by atoms with van der Waals surface area (Å²) < 4.78 is 40.2. The summed E-state index contributed by atoms with van der Waals surface area (Å²) in [6, 6.07) is 4.17. The predicted octanol–water partition coefficient (Wildman–Crippen LogP) is 1.39. The molecule has 0 radical (unpaired) electrons. The van der Waals surface area contributed by atoms with Crippen LogP contribution in [0.25, 0.3) is 16.9 Å². The van der Waals surface area contributed by atoms with E-state index >= 15 is 0 Å². The van der Waals surface area contributed by atoms with Crippen LogP contribution in [0.4, 0.5) is 10.3 Å². The minimum Gasteiger partial charge on any atom is -0.390 e. The van der Waals surface area contributed by atoms with Gasteiger partial charge < -0.3 is 10.4 Å². The zero-order valence-electron chi connectivity index (χ0n) is 15.3. The number of hydrogen-bond donors (Lipinski definition) is 2. The van der Waals surface area contributed by atoms with Gasteiger partial charge in [0.25, 0.3) is 0 Å². The molecule has 1 aliphatic heterocycles. The molecule has 3 aromatic rings. The Kier molecular flexibility index (Phi) is 5.15. The molecule has 4 heterocycles. The number of sulfonamides is 1. The van der Waals surface area contributed by atoms with Gasteiger partial charge in [-0.15, -0.1) is 5.10 Å². The number of hydrogen-bond acceptors (Lipinski definition) is 7. The van der Waals surface area contributed by atoms with E-state index in [-0.39, 0.29) is 24.6 Å². The summed E-state index contributed by atoms with van der Waals surface area (Å²) in [4.78, 5) is 8.32. The second-order valence-corrected chi connectivity index (χ2v) is 9.26. The smallest absolute Gasteiger partial charge is 0.241 e. The number of aliphatic hydroxyl groups is 1. The highest BCUT2D eigenvalue weighted by Crippen LogP contribution is 2.25. The fourth-order valence-electron chi connectivity index (χ4n) is 3.27. The van der Waals surface area contributed by atoms with Gasteiger partial charge >= 0.3 is 0 Å². The quantitative estimate of drug-likeness (QED) is 0.630. The molecule has 12 heteroatoms. The zero-order valence-corrected chi connectivity index (χ0v) is 16.9. The molecular weight excluding hydrogens is 423 g/mol. The van der Waals surface area contributed by atoms with Gasteiger partial charge in [0.05, 0.1) is 41.0 Å². The molecule has 9 nitrogen and oxygen atoms in total. The summed E-state index contributed by atoms with van der Waals surface area (Å²) in [6.07, 6.45) is 3.35. The summed E-state index contributed by atoms with van der Waals surface area (Å²) in [6.45, 7) is 0.255. The Labute approximate surface area is 171 Å². The van der Waals surface area contributed by atoms with Gasteiger partial charge in [-0.3, -0.25) is 4.98 Å². The third-order valence-electron chi connectivity index (χ3n) is 4.79. The van der Waals surface area contributed by atoms with Crippen molar-refractivity contribution in [2.45, 2.75) is 18.6 Å². The normalized spacial score (nSPS) is 20.8. The molecule has 154 valence electrons. The van der Waals surface area contributed by atoms with Crippen molar-refractivity contribution in [1.82, 2.24) is 23.9 Å². The maximum atomic E-state index is 14.3. The molecule has 2 atom stereocenters. The van der Waals surface area contributed by atoms with Crippen LogP contribution in [-0.2, 0) is 10.0 Å². The highest BCUT2D eigenvalue weighted by atomic mass is 35.5. The van der Waals surface area contributed by atoms with E-state index < -0.39 is 28.0 Å². The van der Waals surface area contributed by atoms with Gasteiger partial charge in [-0.1, -0.05) is 11.6 Å². The van der Waals surface area contributed by atoms with E-state index in [0.717, 1.165) is 6.26 Å². The van der Waals surface area contributed by atoms with Gasteiger partial charge in [-0.25, -0.2) is 22.3 Å². The minimum absolute atomic E-state index is 0.0170. The van der Waals surface area contributed by atoms with Crippen molar-refractivity contribution in [2.24, 2.45) is 0 Å². The van der Waals surface area contributed by atoms with Crippen LogP contribution in [-0.4, -0.2) is 68.9 Å². The van der Waals surface area contributed by atoms with Crippen LogP contribution in [0.2, 0.25) is 5.02 Å². The lowest BCUT2D eigenvalue weighted by Crippen LogP contribution is -2.51. The van der Waals surface area contributed by atoms with Gasteiger partial charge in [0.2, 0.25) is 16.0 Å². The first kappa shape index (κ1) is 20.0. The van der Waals surface area contributed by atoms with E-state index in [4.69, 9.17) is 11.6 Å². The zero-order chi connectivity index (χ0) is 20.8. The number of fused-ring (bicyclic) bond motifs is 1. The highest BCUT2D eigenvalue weighted by Gasteiger charge is 2.32. The van der Waals surface area contributed by atoms with Crippen molar-refractivity contribution >= 4 is 33.1 Å². The molecule has 2 N–H and O–H groups in total. The minimum atomic E-state index is -3.37. The SMILES string of the molecule is CS(=O)(=O)N1CC[C@@H](Nc2ncc3c(F)cc(-c4ccc(Cl)cn4)n3n2)[C@H](O)C1. The molecule has 29 heavy (non-hydrogen) atoms. The molecule has 0 amide bonds. The topological polar surface area (TPSA) is 113 Å². The Morgan fingerprint density at radius 1 is 1.31 bits per heavy atom. The Morgan fingerprint density at radius 3 is 2.76 bits per heavy atom. The number of pyridine rings is 1. The predicted molar refractivity (Wildman–Crippen MR) is 106 cm³/mol. The number of β-amino-alcohol motifs (C(OH)–C–C–N with tert-alkyl or cyclic N) is 1. The number of halogens is 2. The number of aromatic nitrogens is 4. The molecule has 4 rings (SSSR count). The van der Waals surface area contributed by atoms with Crippen molar-refractivity contribution in [3.05, 3.63) is 41.4 Å². The Morgan fingerprint density at radius 2 is 2.10 bits per heavy atom. The van der Waals surface area contributed by atoms with E-state index in [1.165, 1.54) is 27.3 Å². The van der Waals surface area contributed by atoms with Crippen LogP contribution in [0.15, 0.2) is 30.6 Å². The monoisotopic (exact) mass is 440 g/mol. The number of rotatable bonds is 4. The van der Waals surface area contributed by atoms with Gasteiger partial charge in [0.15, 0.2) is 5.82 Å². The highest BCUT2D eigenvalue weighted by molar-refractivity contribution is 7.88. The molecule has 3 aromatic heterocycles. The van der Waals surface area contributed by atoms with E-state index in [2.05, 4.69) is 20.4 Å². The molecule has 0 unspecified atom stereocenters. The van der Waals surface area contributed by atoms with Crippen molar-refractivity contribution < 1.29 is 17.9 Å². The van der Waals surface area contributed by atoms with Crippen LogP contribution >= 0.6 is 11.6 Å². The summed E-state index contributed by atoms with van der Waals surface area (Å²) in [5.41, 5.74) is 1.08.